The number of benzene rings is 1. The molecule has 0 spiro atoms. The van der Waals surface area contributed by atoms with Crippen molar-refractivity contribution >= 4 is 29.3 Å². The minimum atomic E-state index is -0.981. The van der Waals surface area contributed by atoms with E-state index < -0.39 is 5.97 Å². The predicted molar refractivity (Wildman–Crippen MR) is 79.0 cm³/mol. The van der Waals surface area contributed by atoms with Gasteiger partial charge in [0.2, 0.25) is 5.91 Å². The Hall–Kier alpha value is -1.49. The fourth-order valence-corrected chi connectivity index (χ4v) is 2.50. The quantitative estimate of drug-likeness (QED) is 0.753. The third-order valence-electron chi connectivity index (χ3n) is 2.71. The van der Waals surface area contributed by atoms with Crippen molar-refractivity contribution in [2.75, 3.05) is 16.8 Å². The Labute approximate surface area is 117 Å². The lowest BCUT2D eigenvalue weighted by Crippen LogP contribution is -2.16. The normalized spacial score (nSPS) is 10.2. The van der Waals surface area contributed by atoms with Crippen molar-refractivity contribution in [1.29, 1.82) is 0 Å². The van der Waals surface area contributed by atoms with E-state index in [9.17, 15) is 9.59 Å². The van der Waals surface area contributed by atoms with Crippen LogP contribution in [0.4, 0.5) is 5.69 Å². The molecule has 0 unspecified atom stereocenters. The number of carboxylic acid groups (broad SMARTS) is 1. The lowest BCUT2D eigenvalue weighted by molar-refractivity contribution is -0.113. The van der Waals surface area contributed by atoms with Crippen LogP contribution in [0.3, 0.4) is 0 Å². The highest BCUT2D eigenvalue weighted by molar-refractivity contribution is 7.99. The van der Waals surface area contributed by atoms with Gasteiger partial charge in [0, 0.05) is 5.69 Å². The fraction of sp³-hybridized carbons (Fsp3) is 0.429. The van der Waals surface area contributed by atoms with Gasteiger partial charge in [0.05, 0.1) is 11.3 Å². The molecule has 1 aromatic carbocycles. The van der Waals surface area contributed by atoms with E-state index in [2.05, 4.69) is 12.2 Å². The summed E-state index contributed by atoms with van der Waals surface area (Å²) in [6, 6.07) is 4.88. The summed E-state index contributed by atoms with van der Waals surface area (Å²) >= 11 is 1.59. The minimum absolute atomic E-state index is 0.0910. The Kier molecular flexibility index (Phi) is 6.42. The maximum atomic E-state index is 11.7. The molecule has 1 aromatic rings. The highest BCUT2D eigenvalue weighted by Crippen LogP contribution is 2.19. The van der Waals surface area contributed by atoms with Crippen LogP contribution in [-0.2, 0) is 4.79 Å². The first-order valence-electron chi connectivity index (χ1n) is 6.26. The summed E-state index contributed by atoms with van der Waals surface area (Å²) in [7, 11) is 0. The van der Waals surface area contributed by atoms with Crippen LogP contribution in [0.25, 0.3) is 0 Å². The maximum absolute atomic E-state index is 11.7. The third kappa shape index (κ3) is 4.95. The van der Waals surface area contributed by atoms with Gasteiger partial charge in [-0.2, -0.15) is 11.8 Å². The van der Waals surface area contributed by atoms with Crippen molar-refractivity contribution < 1.29 is 14.7 Å². The van der Waals surface area contributed by atoms with Crippen LogP contribution in [-0.4, -0.2) is 28.5 Å². The maximum Gasteiger partial charge on any atom is 0.336 e. The summed E-state index contributed by atoms with van der Waals surface area (Å²) in [6.07, 6.45) is 2.22. The van der Waals surface area contributed by atoms with Gasteiger partial charge in [-0.25, -0.2) is 4.79 Å². The van der Waals surface area contributed by atoms with Gasteiger partial charge in [-0.3, -0.25) is 4.79 Å². The van der Waals surface area contributed by atoms with E-state index in [1.54, 1.807) is 30.8 Å². The van der Waals surface area contributed by atoms with Gasteiger partial charge < -0.3 is 10.4 Å². The zero-order chi connectivity index (χ0) is 14.3. The summed E-state index contributed by atoms with van der Waals surface area (Å²) in [5.74, 6) is 0.298. The molecule has 1 amide bonds. The van der Waals surface area contributed by atoms with Crippen LogP contribution in [0.1, 0.15) is 35.7 Å². The molecule has 1 rings (SSSR count). The molecular formula is C14H19NO3S. The lowest BCUT2D eigenvalue weighted by Gasteiger charge is -2.10. The zero-order valence-electron chi connectivity index (χ0n) is 11.2. The molecular weight excluding hydrogens is 262 g/mol. The molecule has 0 bridgehead atoms. The van der Waals surface area contributed by atoms with E-state index in [0.29, 0.717) is 17.0 Å². The molecule has 0 fully saturated rings. The second-order valence-corrected chi connectivity index (χ2v) is 5.34. The van der Waals surface area contributed by atoms with E-state index >= 15 is 0 Å². The molecule has 0 saturated carbocycles. The molecule has 5 heteroatoms. The lowest BCUT2D eigenvalue weighted by atomic mass is 10.1. The number of carbonyl (C=O) groups excluding carboxylic acids is 1. The average Bonchev–Trinajstić information content (AvgIpc) is 2.37. The number of carbonyl (C=O) groups is 2. The Morgan fingerprint density at radius 2 is 2.11 bits per heavy atom. The first-order chi connectivity index (χ1) is 9.06. The van der Waals surface area contributed by atoms with Gasteiger partial charge in [0.1, 0.15) is 0 Å². The van der Waals surface area contributed by atoms with E-state index in [1.807, 2.05) is 0 Å². The van der Waals surface area contributed by atoms with E-state index in [-0.39, 0.29) is 11.5 Å². The molecule has 19 heavy (non-hydrogen) atoms. The molecule has 0 aromatic heterocycles. The van der Waals surface area contributed by atoms with E-state index in [1.165, 1.54) is 6.07 Å². The number of unbranched alkanes of at least 4 members (excludes halogenated alkanes) is 1. The first-order valence-corrected chi connectivity index (χ1v) is 7.42. The number of nitrogens with one attached hydrogen (secondary N) is 1. The van der Waals surface area contributed by atoms with E-state index in [4.69, 9.17) is 5.11 Å². The van der Waals surface area contributed by atoms with Gasteiger partial charge in [-0.1, -0.05) is 19.4 Å². The topological polar surface area (TPSA) is 66.4 Å². The van der Waals surface area contributed by atoms with Crippen molar-refractivity contribution in [2.45, 2.75) is 26.7 Å². The summed E-state index contributed by atoms with van der Waals surface area (Å²) < 4.78 is 0. The summed E-state index contributed by atoms with van der Waals surface area (Å²) in [5.41, 5.74) is 1.37. The second kappa shape index (κ2) is 7.84. The number of thioether (sulfide) groups is 1. The number of hydrogen-bond donors (Lipinski definition) is 2. The monoisotopic (exact) mass is 281 g/mol. The Morgan fingerprint density at radius 3 is 2.74 bits per heavy atom. The number of rotatable bonds is 7. The van der Waals surface area contributed by atoms with Crippen molar-refractivity contribution in [1.82, 2.24) is 0 Å². The molecule has 0 saturated heterocycles. The molecule has 4 nitrogen and oxygen atoms in total. The van der Waals surface area contributed by atoms with E-state index in [0.717, 1.165) is 18.6 Å². The van der Waals surface area contributed by atoms with Gasteiger partial charge in [0.15, 0.2) is 0 Å². The molecule has 0 heterocycles. The molecule has 0 radical (unpaired) electrons. The molecule has 0 aliphatic heterocycles. The molecule has 0 atom stereocenters. The number of amides is 1. The molecule has 0 aliphatic carbocycles. The zero-order valence-corrected chi connectivity index (χ0v) is 12.0. The SMILES string of the molecule is CCCCSCC(=O)Nc1cccc(C(=O)O)c1C. The van der Waals surface area contributed by atoms with Crippen LogP contribution >= 0.6 is 11.8 Å². The summed E-state index contributed by atoms with van der Waals surface area (Å²) in [6.45, 7) is 3.81. The van der Waals surface area contributed by atoms with Gasteiger partial charge in [-0.15, -0.1) is 0 Å². The van der Waals surface area contributed by atoms with Crippen LogP contribution in [0, 0.1) is 6.92 Å². The number of aromatic carboxylic acids is 1. The first kappa shape index (κ1) is 15.6. The predicted octanol–water partition coefficient (Wildman–Crippen LogP) is 3.17. The Balaban J connectivity index is 2.59. The highest BCUT2D eigenvalue weighted by Gasteiger charge is 2.11. The summed E-state index contributed by atoms with van der Waals surface area (Å²) in [5, 5.41) is 11.8. The molecule has 104 valence electrons. The average molecular weight is 281 g/mol. The van der Waals surface area contributed by atoms with Crippen molar-refractivity contribution in [3.63, 3.8) is 0 Å². The molecule has 0 aliphatic rings. The van der Waals surface area contributed by atoms with Crippen LogP contribution < -0.4 is 5.32 Å². The second-order valence-electron chi connectivity index (χ2n) is 4.24. The van der Waals surface area contributed by atoms with Crippen LogP contribution in [0.15, 0.2) is 18.2 Å². The van der Waals surface area contributed by atoms with Crippen molar-refractivity contribution in [3.8, 4) is 0 Å². The van der Waals surface area contributed by atoms with Gasteiger partial charge in [0.25, 0.3) is 0 Å². The number of anilines is 1. The fourth-order valence-electron chi connectivity index (χ4n) is 1.60. The Morgan fingerprint density at radius 1 is 1.37 bits per heavy atom. The number of hydrogen-bond acceptors (Lipinski definition) is 3. The van der Waals surface area contributed by atoms with Gasteiger partial charge >= 0.3 is 5.97 Å². The number of carboxylic acids is 1. The van der Waals surface area contributed by atoms with Crippen molar-refractivity contribution in [3.05, 3.63) is 29.3 Å². The summed E-state index contributed by atoms with van der Waals surface area (Å²) in [4.78, 5) is 22.7. The minimum Gasteiger partial charge on any atom is -0.478 e. The smallest absolute Gasteiger partial charge is 0.336 e. The van der Waals surface area contributed by atoms with Crippen LogP contribution in [0.2, 0.25) is 0 Å². The Bertz CT molecular complexity index is 460. The standard InChI is InChI=1S/C14H19NO3S/c1-3-4-8-19-9-13(16)15-12-7-5-6-11(10(12)2)14(17)18/h5-7H,3-4,8-9H2,1-2H3,(H,15,16)(H,17,18). The van der Waals surface area contributed by atoms with Crippen LogP contribution in [0.5, 0.6) is 0 Å². The molecule has 2 N–H and O–H groups in total. The van der Waals surface area contributed by atoms with Gasteiger partial charge in [-0.05, 0) is 36.8 Å². The largest absolute Gasteiger partial charge is 0.478 e. The van der Waals surface area contributed by atoms with Crippen molar-refractivity contribution in [2.24, 2.45) is 0 Å². The third-order valence-corrected chi connectivity index (χ3v) is 3.76. The highest BCUT2D eigenvalue weighted by atomic mass is 32.2.